The maximum absolute atomic E-state index is 14.5. The minimum Gasteiger partial charge on any atom is -0.508 e. The van der Waals surface area contributed by atoms with E-state index in [2.05, 4.69) is 0 Å². The molecule has 6 aliphatic rings. The fourth-order valence-corrected chi connectivity index (χ4v) is 9.83. The van der Waals surface area contributed by atoms with E-state index >= 15 is 0 Å². The molecule has 294 valence electrons. The summed E-state index contributed by atoms with van der Waals surface area (Å²) in [6.45, 7) is 12.0. The summed E-state index contributed by atoms with van der Waals surface area (Å²) in [6.07, 6.45) is 13.9. The summed E-state index contributed by atoms with van der Waals surface area (Å²) in [6, 6.07) is 0. The van der Waals surface area contributed by atoms with Gasteiger partial charge in [-0.3, -0.25) is 24.0 Å². The molecule has 0 spiro atoms. The number of hydrogen-bond donors (Lipinski definition) is 7. The molecule has 4 saturated carbocycles. The molecule has 2 bridgehead atoms. The number of aliphatic hydroxyl groups is 7. The van der Waals surface area contributed by atoms with Crippen molar-refractivity contribution in [3.8, 4) is 0 Å². The van der Waals surface area contributed by atoms with Gasteiger partial charge in [-0.05, 0) is 79.5 Å². The van der Waals surface area contributed by atoms with E-state index in [0.717, 1.165) is 26.0 Å². The Hall–Kier alpha value is -4.95. The highest BCUT2D eigenvalue weighted by Crippen LogP contribution is 2.67. The molecular formula is C42H48O13. The molecule has 0 aromatic rings. The molecule has 0 aromatic heterocycles. The number of Topliss-reactive ketones (excluding diaryl/α,β-unsaturated/α-hetero) is 5. The molecule has 0 unspecified atom stereocenters. The summed E-state index contributed by atoms with van der Waals surface area (Å²) < 4.78 is 5.94. The Balaban J connectivity index is 1.74. The lowest BCUT2D eigenvalue weighted by Gasteiger charge is -2.57. The number of carbonyl (C=O) groups is 5. The Bertz CT molecular complexity index is 2100. The van der Waals surface area contributed by atoms with Gasteiger partial charge >= 0.3 is 0 Å². The zero-order valence-electron chi connectivity index (χ0n) is 32.2. The van der Waals surface area contributed by atoms with E-state index in [-0.39, 0.29) is 11.1 Å². The Morgan fingerprint density at radius 2 is 1.24 bits per heavy atom. The van der Waals surface area contributed by atoms with Crippen molar-refractivity contribution in [2.75, 3.05) is 0 Å². The van der Waals surface area contributed by atoms with Gasteiger partial charge in [0, 0.05) is 34.5 Å². The van der Waals surface area contributed by atoms with Crippen LogP contribution in [0.3, 0.4) is 0 Å². The Labute approximate surface area is 318 Å². The van der Waals surface area contributed by atoms with Gasteiger partial charge in [0.15, 0.2) is 28.7 Å². The van der Waals surface area contributed by atoms with E-state index in [9.17, 15) is 59.7 Å². The first kappa shape index (κ1) is 41.2. The third kappa shape index (κ3) is 5.09. The van der Waals surface area contributed by atoms with Gasteiger partial charge in [-0.1, -0.05) is 49.5 Å². The average Bonchev–Trinajstić information content (AvgIpc) is 3.31. The second-order valence-corrected chi connectivity index (χ2v) is 15.9. The van der Waals surface area contributed by atoms with Crippen molar-refractivity contribution in [1.82, 2.24) is 0 Å². The van der Waals surface area contributed by atoms with E-state index in [1.165, 1.54) is 58.1 Å². The molecule has 1 aliphatic heterocycles. The van der Waals surface area contributed by atoms with Crippen LogP contribution in [0.15, 0.2) is 106 Å². The van der Waals surface area contributed by atoms with Crippen molar-refractivity contribution in [3.05, 3.63) is 106 Å². The summed E-state index contributed by atoms with van der Waals surface area (Å²) in [5, 5.41) is 80.8. The number of ether oxygens (including phenoxy) is 1. The monoisotopic (exact) mass is 760 g/mol. The fraction of sp³-hybridized carbons (Fsp3) is 0.452. The van der Waals surface area contributed by atoms with Crippen molar-refractivity contribution in [2.24, 2.45) is 34.5 Å². The van der Waals surface area contributed by atoms with Crippen LogP contribution in [0.2, 0.25) is 0 Å². The number of fused-ring (bicyclic) bond motifs is 6. The van der Waals surface area contributed by atoms with Crippen LogP contribution in [-0.2, 0) is 28.7 Å². The van der Waals surface area contributed by atoms with Crippen LogP contribution < -0.4 is 0 Å². The normalized spacial score (nSPS) is 43.6. The average molecular weight is 761 g/mol. The molecule has 13 nitrogen and oxygen atoms in total. The number of aliphatic hydroxyl groups excluding tert-OH is 4. The maximum Gasteiger partial charge on any atom is 0.217 e. The van der Waals surface area contributed by atoms with Crippen LogP contribution in [0.4, 0.5) is 0 Å². The Morgan fingerprint density at radius 1 is 0.709 bits per heavy atom. The third-order valence-corrected chi connectivity index (χ3v) is 12.6. The SMILES string of the molecule is C/C=C/C=C/C(O)=C1C(=O)[C@](C)(O)[C@]2(O)O[C@]3(C)C(=O)C(C)=C(O)C(=C(O)/C=C/[C@@H]4[C@@H](C)[C@H]5C(=C(O)/C=C/C=C/C)C(=O)[C@]4(C)C(=O)[C@@]5(C)O)[C@@H]3[C@]2(C)C1=O. The summed E-state index contributed by atoms with van der Waals surface area (Å²) in [4.78, 5) is 70.1. The van der Waals surface area contributed by atoms with E-state index < -0.39 is 120 Å². The van der Waals surface area contributed by atoms with Gasteiger partial charge in [0.1, 0.15) is 39.8 Å². The van der Waals surface area contributed by atoms with Gasteiger partial charge in [-0.2, -0.15) is 0 Å². The Kier molecular flexibility index (Phi) is 9.80. The van der Waals surface area contributed by atoms with Gasteiger partial charge in [0.2, 0.25) is 11.6 Å². The summed E-state index contributed by atoms with van der Waals surface area (Å²) >= 11 is 0. The number of rotatable bonds is 6. The van der Waals surface area contributed by atoms with Crippen LogP contribution in [0.25, 0.3) is 0 Å². The minimum atomic E-state index is -3.17. The van der Waals surface area contributed by atoms with Crippen molar-refractivity contribution in [3.63, 3.8) is 0 Å². The molecule has 7 N–H and O–H groups in total. The summed E-state index contributed by atoms with van der Waals surface area (Å²) in [7, 11) is 0. The van der Waals surface area contributed by atoms with Gasteiger partial charge in [0.25, 0.3) is 0 Å². The fourth-order valence-electron chi connectivity index (χ4n) is 9.83. The van der Waals surface area contributed by atoms with Gasteiger partial charge in [-0.25, -0.2) is 0 Å². The first-order valence-electron chi connectivity index (χ1n) is 17.9. The van der Waals surface area contributed by atoms with Crippen LogP contribution in [0.5, 0.6) is 0 Å². The smallest absolute Gasteiger partial charge is 0.217 e. The van der Waals surface area contributed by atoms with Crippen molar-refractivity contribution < 1.29 is 64.5 Å². The zero-order valence-corrected chi connectivity index (χ0v) is 32.2. The second-order valence-electron chi connectivity index (χ2n) is 15.9. The van der Waals surface area contributed by atoms with E-state index in [1.807, 2.05) is 0 Å². The lowest BCUT2D eigenvalue weighted by Crippen LogP contribution is -2.72. The number of hydrogen-bond acceptors (Lipinski definition) is 13. The first-order valence-corrected chi connectivity index (χ1v) is 17.9. The lowest BCUT2D eigenvalue weighted by molar-refractivity contribution is -0.313. The van der Waals surface area contributed by atoms with Crippen molar-refractivity contribution in [1.29, 1.82) is 0 Å². The largest absolute Gasteiger partial charge is 0.508 e. The summed E-state index contributed by atoms with van der Waals surface area (Å²) in [5.74, 6) is -16.0. The molecule has 1 heterocycles. The number of carbonyl (C=O) groups excluding carboxylic acids is 5. The lowest BCUT2D eigenvalue weighted by atomic mass is 9.44. The highest BCUT2D eigenvalue weighted by atomic mass is 16.7. The molecule has 5 aliphatic carbocycles. The third-order valence-electron chi connectivity index (χ3n) is 12.6. The van der Waals surface area contributed by atoms with Gasteiger partial charge in [0.05, 0.1) is 10.8 Å². The molecule has 1 saturated heterocycles. The van der Waals surface area contributed by atoms with E-state index in [4.69, 9.17) is 4.74 Å². The van der Waals surface area contributed by atoms with Crippen LogP contribution >= 0.6 is 0 Å². The molecular weight excluding hydrogens is 712 g/mol. The van der Waals surface area contributed by atoms with Crippen molar-refractivity contribution >= 4 is 28.9 Å². The molecule has 55 heavy (non-hydrogen) atoms. The molecule has 6 rings (SSSR count). The van der Waals surface area contributed by atoms with E-state index in [1.54, 1.807) is 39.0 Å². The highest BCUT2D eigenvalue weighted by Gasteiger charge is 2.83. The predicted molar refractivity (Wildman–Crippen MR) is 198 cm³/mol. The zero-order chi connectivity index (χ0) is 41.6. The summed E-state index contributed by atoms with van der Waals surface area (Å²) in [5.41, 5.74) is -13.8. The predicted octanol–water partition coefficient (Wildman–Crippen LogP) is 4.45. The first-order chi connectivity index (χ1) is 25.3. The quantitative estimate of drug-likeness (QED) is 0.0652. The van der Waals surface area contributed by atoms with Crippen LogP contribution in [-0.4, -0.2) is 87.3 Å². The minimum absolute atomic E-state index is 0.134. The number of ketones is 5. The topological polar surface area (TPSA) is 236 Å². The Morgan fingerprint density at radius 3 is 1.78 bits per heavy atom. The second kappa shape index (κ2) is 13.1. The highest BCUT2D eigenvalue weighted by molar-refractivity contribution is 6.29. The van der Waals surface area contributed by atoms with Crippen LogP contribution in [0, 0.1) is 34.5 Å². The number of allylic oxidation sites excluding steroid dienone is 11. The van der Waals surface area contributed by atoms with E-state index in [0.29, 0.717) is 0 Å². The van der Waals surface area contributed by atoms with Crippen molar-refractivity contribution in [2.45, 2.75) is 84.9 Å². The van der Waals surface area contributed by atoms with Gasteiger partial charge in [-0.15, -0.1) is 0 Å². The van der Waals surface area contributed by atoms with Gasteiger partial charge < -0.3 is 40.5 Å². The molecule has 5 fully saturated rings. The molecule has 0 amide bonds. The molecule has 10 atom stereocenters. The van der Waals surface area contributed by atoms with Crippen LogP contribution in [0.1, 0.15) is 62.3 Å². The standard InChI is InChI=1S/C42H48O13/c1-10-12-14-16-23(43)26-29-20(3)22(37(5,33(26)48)36(51)39(29,7)52)18-19-25(45)27-30(46)21(4)32(47)40(8)31(27)38(6)34(49)28(24(44)17-15-13-11-2)35(50)41(9,53)42(38,54)55-40/h10-20,22,29,31,43-46,52-54H,1-9H3/b12-10+,13-11+,16-14+,17-15+,19-18+,26-23?,27-25?,28-24?/t20-,22-,29+,31-,37-,38-,39+,40+,41+,42-/m1/s1. The molecule has 0 aromatic carbocycles. The maximum atomic E-state index is 14.5. The molecule has 0 radical (unpaired) electrons. The molecule has 13 heteroatoms.